The maximum atomic E-state index is 12.7. The van der Waals surface area contributed by atoms with Crippen LogP contribution in [-0.2, 0) is 14.3 Å². The van der Waals surface area contributed by atoms with Gasteiger partial charge in [-0.15, -0.1) is 0 Å². The predicted molar refractivity (Wildman–Crippen MR) is 190 cm³/mol. The van der Waals surface area contributed by atoms with E-state index < -0.39 is 5.97 Å². The third-order valence-electron chi connectivity index (χ3n) is 9.33. The lowest BCUT2D eigenvalue weighted by Gasteiger charge is -2.18. The van der Waals surface area contributed by atoms with Gasteiger partial charge in [0.25, 0.3) is 0 Å². The van der Waals surface area contributed by atoms with E-state index in [0.717, 1.165) is 32.1 Å². The molecule has 0 aliphatic rings. The maximum absolute atomic E-state index is 12.7. The summed E-state index contributed by atoms with van der Waals surface area (Å²) in [5.41, 5.74) is 0. The van der Waals surface area contributed by atoms with E-state index in [9.17, 15) is 9.59 Å². The van der Waals surface area contributed by atoms with E-state index in [0.29, 0.717) is 12.8 Å². The molecule has 1 unspecified atom stereocenters. The molecule has 4 nitrogen and oxygen atoms in total. The van der Waals surface area contributed by atoms with Crippen LogP contribution in [0.1, 0.15) is 239 Å². The predicted octanol–water partition coefficient (Wildman–Crippen LogP) is 13.7. The normalized spacial score (nSPS) is 12.0. The quantitative estimate of drug-likeness (QED) is 0.0553. The molecule has 0 aromatic heterocycles. The van der Waals surface area contributed by atoms with E-state index in [2.05, 4.69) is 13.8 Å². The Morgan fingerprint density at radius 2 is 0.682 bits per heavy atom. The summed E-state index contributed by atoms with van der Waals surface area (Å²) in [6.45, 7) is 4.55. The molecule has 0 saturated carbocycles. The lowest BCUT2D eigenvalue weighted by molar-refractivity contribution is -0.150. The third kappa shape index (κ3) is 35.4. The first-order valence-corrected chi connectivity index (χ1v) is 20.0. The fraction of sp³-hybridized carbons (Fsp3) is 0.950. The van der Waals surface area contributed by atoms with Gasteiger partial charge in [-0.1, -0.05) is 187 Å². The minimum atomic E-state index is -0.669. The first-order chi connectivity index (χ1) is 21.6. The SMILES string of the molecule is CCCCCCCCCCCCCCCC(=O)OC(CCCCCCCCC)CCCCCCCCCCCCCC(=O)O. The first-order valence-electron chi connectivity index (χ1n) is 20.0. The zero-order valence-corrected chi connectivity index (χ0v) is 30.0. The van der Waals surface area contributed by atoms with Crippen molar-refractivity contribution in [2.24, 2.45) is 0 Å². The summed E-state index contributed by atoms with van der Waals surface area (Å²) in [5.74, 6) is -0.624. The van der Waals surface area contributed by atoms with Crippen molar-refractivity contribution in [1.29, 1.82) is 0 Å². The number of aliphatic carboxylic acids is 1. The number of carboxylic acids is 1. The molecular weight excluding hydrogens is 544 g/mol. The summed E-state index contributed by atoms with van der Waals surface area (Å²) < 4.78 is 6.04. The molecule has 0 rings (SSSR count). The molecule has 1 atom stereocenters. The van der Waals surface area contributed by atoms with E-state index in [4.69, 9.17) is 9.84 Å². The molecule has 0 aliphatic heterocycles. The Morgan fingerprint density at radius 3 is 1.00 bits per heavy atom. The van der Waals surface area contributed by atoms with Crippen LogP contribution >= 0.6 is 0 Å². The summed E-state index contributed by atoms with van der Waals surface area (Å²) in [7, 11) is 0. The van der Waals surface area contributed by atoms with Crippen LogP contribution in [0.15, 0.2) is 0 Å². The van der Waals surface area contributed by atoms with Crippen molar-refractivity contribution in [3.05, 3.63) is 0 Å². The smallest absolute Gasteiger partial charge is 0.306 e. The molecule has 0 aliphatic carbocycles. The fourth-order valence-corrected chi connectivity index (χ4v) is 6.36. The van der Waals surface area contributed by atoms with E-state index in [1.165, 1.54) is 180 Å². The minimum absolute atomic E-state index is 0.0454. The number of carbonyl (C=O) groups is 2. The highest BCUT2D eigenvalue weighted by molar-refractivity contribution is 5.69. The number of unbranched alkanes of at least 4 members (excludes halogenated alkanes) is 28. The van der Waals surface area contributed by atoms with Gasteiger partial charge in [-0.25, -0.2) is 0 Å². The van der Waals surface area contributed by atoms with Gasteiger partial charge in [0.05, 0.1) is 0 Å². The number of carbonyl (C=O) groups excluding carboxylic acids is 1. The topological polar surface area (TPSA) is 63.6 Å². The molecule has 0 spiro atoms. The monoisotopic (exact) mass is 623 g/mol. The molecule has 44 heavy (non-hydrogen) atoms. The van der Waals surface area contributed by atoms with Crippen molar-refractivity contribution < 1.29 is 19.4 Å². The van der Waals surface area contributed by atoms with E-state index in [1.54, 1.807) is 0 Å². The van der Waals surface area contributed by atoms with Gasteiger partial charge >= 0.3 is 11.9 Å². The van der Waals surface area contributed by atoms with Crippen LogP contribution in [0, 0.1) is 0 Å². The maximum Gasteiger partial charge on any atom is 0.306 e. The molecule has 0 radical (unpaired) electrons. The highest BCUT2D eigenvalue weighted by atomic mass is 16.5. The Morgan fingerprint density at radius 1 is 0.409 bits per heavy atom. The van der Waals surface area contributed by atoms with Crippen LogP contribution < -0.4 is 0 Å². The van der Waals surface area contributed by atoms with Crippen LogP contribution in [0.3, 0.4) is 0 Å². The summed E-state index contributed by atoms with van der Waals surface area (Å²) in [5, 5.41) is 8.70. The van der Waals surface area contributed by atoms with Gasteiger partial charge in [-0.3, -0.25) is 9.59 Å². The fourth-order valence-electron chi connectivity index (χ4n) is 6.36. The standard InChI is InChI=1S/C40H78O4/c1-3-5-7-9-11-12-13-14-18-21-25-29-33-37-40(43)44-38(34-30-26-22-10-8-6-4-2)35-31-27-23-19-16-15-17-20-24-28-32-36-39(41)42/h38H,3-37H2,1-2H3,(H,41,42). The Labute approximate surface area is 275 Å². The molecule has 4 heteroatoms. The Kier molecular flexibility index (Phi) is 35.5. The third-order valence-corrected chi connectivity index (χ3v) is 9.33. The highest BCUT2D eigenvalue weighted by Gasteiger charge is 2.14. The number of hydrogen-bond acceptors (Lipinski definition) is 3. The molecule has 1 N–H and O–H groups in total. The molecule has 0 aromatic rings. The second kappa shape index (κ2) is 36.4. The van der Waals surface area contributed by atoms with Gasteiger partial charge in [0, 0.05) is 12.8 Å². The van der Waals surface area contributed by atoms with Crippen molar-refractivity contribution >= 4 is 11.9 Å². The van der Waals surface area contributed by atoms with Gasteiger partial charge in [-0.2, -0.15) is 0 Å². The molecule has 0 fully saturated rings. The van der Waals surface area contributed by atoms with Crippen LogP contribution in [0.5, 0.6) is 0 Å². The average molecular weight is 623 g/mol. The summed E-state index contributed by atoms with van der Waals surface area (Å²) in [4.78, 5) is 23.2. The van der Waals surface area contributed by atoms with Gasteiger partial charge in [0.2, 0.25) is 0 Å². The average Bonchev–Trinajstić information content (AvgIpc) is 3.01. The summed E-state index contributed by atoms with van der Waals surface area (Å²) >= 11 is 0. The van der Waals surface area contributed by atoms with E-state index in [1.807, 2.05) is 0 Å². The Bertz CT molecular complexity index is 590. The van der Waals surface area contributed by atoms with Crippen molar-refractivity contribution in [3.8, 4) is 0 Å². The summed E-state index contributed by atoms with van der Waals surface area (Å²) in [6, 6.07) is 0. The molecular formula is C40H78O4. The second-order valence-electron chi connectivity index (χ2n) is 13.8. The number of esters is 1. The van der Waals surface area contributed by atoms with Crippen molar-refractivity contribution in [3.63, 3.8) is 0 Å². The van der Waals surface area contributed by atoms with Crippen LogP contribution in [0.4, 0.5) is 0 Å². The van der Waals surface area contributed by atoms with E-state index in [-0.39, 0.29) is 12.1 Å². The van der Waals surface area contributed by atoms with Crippen LogP contribution in [-0.4, -0.2) is 23.1 Å². The van der Waals surface area contributed by atoms with Crippen LogP contribution in [0.2, 0.25) is 0 Å². The molecule has 0 amide bonds. The molecule has 0 heterocycles. The van der Waals surface area contributed by atoms with Crippen molar-refractivity contribution in [2.45, 2.75) is 245 Å². The lowest BCUT2D eigenvalue weighted by atomic mass is 10.0. The number of rotatable bonds is 37. The summed E-state index contributed by atoms with van der Waals surface area (Å²) in [6.07, 6.45) is 42.8. The van der Waals surface area contributed by atoms with Crippen LogP contribution in [0.25, 0.3) is 0 Å². The Hall–Kier alpha value is -1.06. The van der Waals surface area contributed by atoms with Crippen molar-refractivity contribution in [2.75, 3.05) is 0 Å². The van der Waals surface area contributed by atoms with Crippen molar-refractivity contribution in [1.82, 2.24) is 0 Å². The molecule has 262 valence electrons. The molecule has 0 aromatic carbocycles. The first kappa shape index (κ1) is 42.9. The number of carboxylic acid groups (broad SMARTS) is 1. The molecule has 0 bridgehead atoms. The zero-order valence-electron chi connectivity index (χ0n) is 30.0. The minimum Gasteiger partial charge on any atom is -0.481 e. The van der Waals surface area contributed by atoms with E-state index >= 15 is 0 Å². The van der Waals surface area contributed by atoms with Gasteiger partial charge in [0.1, 0.15) is 6.10 Å². The van der Waals surface area contributed by atoms with Gasteiger partial charge in [0.15, 0.2) is 0 Å². The molecule has 0 saturated heterocycles. The number of hydrogen-bond donors (Lipinski definition) is 1. The highest BCUT2D eigenvalue weighted by Crippen LogP contribution is 2.19. The second-order valence-corrected chi connectivity index (χ2v) is 13.8. The van der Waals surface area contributed by atoms with Gasteiger partial charge < -0.3 is 9.84 Å². The Balaban J connectivity index is 3.95. The number of ether oxygens (including phenoxy) is 1. The zero-order chi connectivity index (χ0) is 32.2. The largest absolute Gasteiger partial charge is 0.481 e. The lowest BCUT2D eigenvalue weighted by Crippen LogP contribution is -2.18. The van der Waals surface area contributed by atoms with Gasteiger partial charge in [-0.05, 0) is 38.5 Å².